The normalized spacial score (nSPS) is 9.79. The quantitative estimate of drug-likeness (QED) is 0.595. The molecule has 1 amide bonds. The Morgan fingerprint density at radius 2 is 2.26 bits per heavy atom. The first-order valence-electron chi connectivity index (χ1n) is 6.70. The van der Waals surface area contributed by atoms with E-state index in [2.05, 4.69) is 24.1 Å². The van der Waals surface area contributed by atoms with E-state index in [1.165, 1.54) is 12.8 Å². The van der Waals surface area contributed by atoms with E-state index < -0.39 is 0 Å². The minimum atomic E-state index is -0.140. The second kappa shape index (κ2) is 9.60. The van der Waals surface area contributed by atoms with E-state index >= 15 is 0 Å². The SMILES string of the molecule is CCCCCCC(=O)NCc1sccc1C#CCO. The van der Waals surface area contributed by atoms with Crippen LogP contribution in [0.15, 0.2) is 11.4 Å². The molecule has 1 heterocycles. The van der Waals surface area contributed by atoms with Gasteiger partial charge in [0.25, 0.3) is 0 Å². The summed E-state index contributed by atoms with van der Waals surface area (Å²) < 4.78 is 0. The highest BCUT2D eigenvalue weighted by Crippen LogP contribution is 2.15. The Labute approximate surface area is 119 Å². The fourth-order valence-electron chi connectivity index (χ4n) is 1.70. The third-order valence-electron chi connectivity index (χ3n) is 2.75. The molecule has 0 radical (unpaired) electrons. The fourth-order valence-corrected chi connectivity index (χ4v) is 2.47. The lowest BCUT2D eigenvalue weighted by Gasteiger charge is -2.04. The zero-order valence-electron chi connectivity index (χ0n) is 11.4. The number of carbonyl (C=O) groups excluding carboxylic acids is 1. The number of rotatable bonds is 7. The van der Waals surface area contributed by atoms with Crippen LogP contribution in [-0.4, -0.2) is 17.6 Å². The van der Waals surface area contributed by atoms with Crippen LogP contribution >= 0.6 is 11.3 Å². The van der Waals surface area contributed by atoms with Gasteiger partial charge in [-0.1, -0.05) is 38.0 Å². The summed E-state index contributed by atoms with van der Waals surface area (Å²) in [7, 11) is 0. The predicted molar refractivity (Wildman–Crippen MR) is 78.9 cm³/mol. The molecule has 0 aliphatic heterocycles. The zero-order valence-corrected chi connectivity index (χ0v) is 12.2. The van der Waals surface area contributed by atoms with Crippen LogP contribution in [0.2, 0.25) is 0 Å². The molecule has 4 heteroatoms. The van der Waals surface area contributed by atoms with Gasteiger partial charge in [0.2, 0.25) is 5.91 Å². The molecule has 0 saturated carbocycles. The van der Waals surface area contributed by atoms with Gasteiger partial charge in [0, 0.05) is 16.9 Å². The van der Waals surface area contributed by atoms with Gasteiger partial charge in [0.15, 0.2) is 0 Å². The van der Waals surface area contributed by atoms with Gasteiger partial charge in [-0.3, -0.25) is 4.79 Å². The number of amides is 1. The van der Waals surface area contributed by atoms with Gasteiger partial charge in [-0.15, -0.1) is 11.3 Å². The first-order valence-corrected chi connectivity index (χ1v) is 7.58. The average molecular weight is 279 g/mol. The summed E-state index contributed by atoms with van der Waals surface area (Å²) >= 11 is 1.58. The number of unbranched alkanes of at least 4 members (excludes halogenated alkanes) is 3. The van der Waals surface area contributed by atoms with Gasteiger partial charge in [0.05, 0.1) is 6.54 Å². The fraction of sp³-hybridized carbons (Fsp3) is 0.533. The van der Waals surface area contributed by atoms with E-state index in [0.29, 0.717) is 13.0 Å². The molecule has 0 spiro atoms. The van der Waals surface area contributed by atoms with Gasteiger partial charge >= 0.3 is 0 Å². The van der Waals surface area contributed by atoms with Crippen LogP contribution < -0.4 is 5.32 Å². The molecule has 19 heavy (non-hydrogen) atoms. The molecule has 104 valence electrons. The molecule has 0 atom stereocenters. The van der Waals surface area contributed by atoms with E-state index in [1.54, 1.807) is 11.3 Å². The summed E-state index contributed by atoms with van der Waals surface area (Å²) in [5, 5.41) is 13.5. The molecule has 3 nitrogen and oxygen atoms in total. The van der Waals surface area contributed by atoms with Crippen LogP contribution in [0.4, 0.5) is 0 Å². The number of thiophene rings is 1. The van der Waals surface area contributed by atoms with Crippen molar-refractivity contribution >= 4 is 17.2 Å². The third-order valence-corrected chi connectivity index (χ3v) is 3.67. The maximum atomic E-state index is 11.6. The van der Waals surface area contributed by atoms with E-state index in [1.807, 2.05) is 11.4 Å². The number of aliphatic hydroxyl groups excluding tert-OH is 1. The molecule has 0 bridgehead atoms. The average Bonchev–Trinajstić information content (AvgIpc) is 2.86. The van der Waals surface area contributed by atoms with Crippen LogP contribution in [0.25, 0.3) is 0 Å². The van der Waals surface area contributed by atoms with Crippen molar-refractivity contribution in [3.8, 4) is 11.8 Å². The van der Waals surface area contributed by atoms with Crippen molar-refractivity contribution in [2.45, 2.75) is 45.6 Å². The Balaban J connectivity index is 2.32. The first-order chi connectivity index (χ1) is 9.27. The molecule has 0 aliphatic rings. The Kier molecular flexibility index (Phi) is 7.95. The molecule has 1 aromatic heterocycles. The second-order valence-electron chi connectivity index (χ2n) is 4.30. The molecule has 1 aromatic rings. The van der Waals surface area contributed by atoms with Crippen LogP contribution in [0.5, 0.6) is 0 Å². The minimum absolute atomic E-state index is 0.102. The minimum Gasteiger partial charge on any atom is -0.384 e. The molecule has 0 fully saturated rings. The molecule has 0 aromatic carbocycles. The lowest BCUT2D eigenvalue weighted by atomic mass is 10.1. The Morgan fingerprint density at radius 3 is 3.00 bits per heavy atom. The van der Waals surface area contributed by atoms with E-state index in [0.717, 1.165) is 23.3 Å². The standard InChI is InChI=1S/C15H21NO2S/c1-2-3-4-5-8-15(18)16-12-14-13(7-6-10-17)9-11-19-14/h9,11,17H,2-5,8,10,12H2,1H3,(H,16,18). The van der Waals surface area contributed by atoms with Crippen LogP contribution in [0, 0.1) is 11.8 Å². The highest BCUT2D eigenvalue weighted by atomic mass is 32.1. The maximum absolute atomic E-state index is 11.6. The molecular weight excluding hydrogens is 258 g/mol. The lowest BCUT2D eigenvalue weighted by molar-refractivity contribution is -0.121. The summed E-state index contributed by atoms with van der Waals surface area (Å²) in [5.41, 5.74) is 0.894. The summed E-state index contributed by atoms with van der Waals surface area (Å²) in [6.07, 6.45) is 5.06. The molecule has 0 aliphatic carbocycles. The predicted octanol–water partition coefficient (Wildman–Crippen LogP) is 2.68. The van der Waals surface area contributed by atoms with E-state index in [4.69, 9.17) is 5.11 Å². The molecule has 0 saturated heterocycles. The molecule has 1 rings (SSSR count). The molecule has 2 N–H and O–H groups in total. The molecule has 0 unspecified atom stereocenters. The number of nitrogens with one attached hydrogen (secondary N) is 1. The highest BCUT2D eigenvalue weighted by Gasteiger charge is 2.05. The van der Waals surface area contributed by atoms with Crippen molar-refractivity contribution in [3.05, 3.63) is 21.9 Å². The van der Waals surface area contributed by atoms with Crippen LogP contribution in [0.1, 0.15) is 49.5 Å². The smallest absolute Gasteiger partial charge is 0.220 e. The second-order valence-corrected chi connectivity index (χ2v) is 5.31. The van der Waals surface area contributed by atoms with Crippen molar-refractivity contribution in [2.24, 2.45) is 0 Å². The van der Waals surface area contributed by atoms with Crippen molar-refractivity contribution in [2.75, 3.05) is 6.61 Å². The Morgan fingerprint density at radius 1 is 1.42 bits per heavy atom. The topological polar surface area (TPSA) is 49.3 Å². The summed E-state index contributed by atoms with van der Waals surface area (Å²) in [6.45, 7) is 2.55. The van der Waals surface area contributed by atoms with Crippen molar-refractivity contribution in [1.82, 2.24) is 5.32 Å². The Hall–Kier alpha value is -1.31. The highest BCUT2D eigenvalue weighted by molar-refractivity contribution is 7.10. The van der Waals surface area contributed by atoms with Gasteiger partial charge in [0.1, 0.15) is 6.61 Å². The summed E-state index contributed by atoms with van der Waals surface area (Å²) in [5.74, 6) is 5.61. The van der Waals surface area contributed by atoms with E-state index in [9.17, 15) is 4.79 Å². The number of hydrogen-bond acceptors (Lipinski definition) is 3. The van der Waals surface area contributed by atoms with Crippen molar-refractivity contribution in [1.29, 1.82) is 0 Å². The van der Waals surface area contributed by atoms with Crippen molar-refractivity contribution in [3.63, 3.8) is 0 Å². The van der Waals surface area contributed by atoms with Crippen molar-refractivity contribution < 1.29 is 9.90 Å². The maximum Gasteiger partial charge on any atom is 0.220 e. The third kappa shape index (κ3) is 6.42. The lowest BCUT2D eigenvalue weighted by Crippen LogP contribution is -2.22. The monoisotopic (exact) mass is 279 g/mol. The Bertz CT molecular complexity index is 442. The summed E-state index contributed by atoms with van der Waals surface area (Å²) in [6, 6.07) is 1.91. The number of carbonyl (C=O) groups is 1. The number of aliphatic hydroxyl groups is 1. The van der Waals surface area contributed by atoms with Gasteiger partial charge < -0.3 is 10.4 Å². The van der Waals surface area contributed by atoms with Gasteiger partial charge in [-0.2, -0.15) is 0 Å². The largest absolute Gasteiger partial charge is 0.384 e. The summed E-state index contributed by atoms with van der Waals surface area (Å²) in [4.78, 5) is 12.7. The zero-order chi connectivity index (χ0) is 13.9. The number of hydrogen-bond donors (Lipinski definition) is 2. The van der Waals surface area contributed by atoms with E-state index in [-0.39, 0.29) is 12.5 Å². The van der Waals surface area contributed by atoms with Crippen LogP contribution in [-0.2, 0) is 11.3 Å². The van der Waals surface area contributed by atoms with Gasteiger partial charge in [-0.25, -0.2) is 0 Å². The van der Waals surface area contributed by atoms with Crippen LogP contribution in [0.3, 0.4) is 0 Å². The first kappa shape index (κ1) is 15.7. The molecular formula is C15H21NO2S. The van der Waals surface area contributed by atoms with Gasteiger partial charge in [-0.05, 0) is 17.9 Å².